The molecule has 1 saturated heterocycles. The Hall–Kier alpha value is -1.60. The summed E-state index contributed by atoms with van der Waals surface area (Å²) >= 11 is 0. The standard InChI is InChI=1S/C21H29F3N2O2/c22-21(23,24)17-8-4-6-15(12-17)19(27)14-26-11-5-7-16(13-26)20(28)25-18-9-2-1-3-10-18/h4,6,8,12,16,18-19,27H,1-3,5,7,9-11,13-14H2,(H,25,28)/t16-,19+/m1/s1. The first-order valence-corrected chi connectivity index (χ1v) is 10.2. The molecule has 0 aromatic heterocycles. The van der Waals surface area contributed by atoms with Gasteiger partial charge < -0.3 is 10.4 Å². The number of carbonyl (C=O) groups is 1. The molecule has 2 N–H and O–H groups in total. The average Bonchev–Trinajstić information content (AvgIpc) is 2.68. The van der Waals surface area contributed by atoms with Crippen molar-refractivity contribution in [1.29, 1.82) is 0 Å². The van der Waals surface area contributed by atoms with E-state index < -0.39 is 17.8 Å². The van der Waals surface area contributed by atoms with Crippen LogP contribution in [0.4, 0.5) is 13.2 Å². The van der Waals surface area contributed by atoms with Gasteiger partial charge in [-0.05, 0) is 49.9 Å². The van der Waals surface area contributed by atoms with E-state index in [1.165, 1.54) is 18.6 Å². The molecule has 7 heteroatoms. The highest BCUT2D eigenvalue weighted by Crippen LogP contribution is 2.31. The molecule has 1 saturated carbocycles. The van der Waals surface area contributed by atoms with E-state index in [9.17, 15) is 23.1 Å². The van der Waals surface area contributed by atoms with Crippen LogP contribution in [-0.2, 0) is 11.0 Å². The molecule has 2 aliphatic rings. The number of aliphatic hydroxyl groups is 1. The lowest BCUT2D eigenvalue weighted by Crippen LogP contribution is -2.47. The van der Waals surface area contributed by atoms with E-state index in [4.69, 9.17) is 0 Å². The summed E-state index contributed by atoms with van der Waals surface area (Å²) in [6.45, 7) is 1.51. The Balaban J connectivity index is 1.55. The van der Waals surface area contributed by atoms with E-state index in [0.29, 0.717) is 6.54 Å². The van der Waals surface area contributed by atoms with E-state index in [2.05, 4.69) is 5.32 Å². The molecule has 0 radical (unpaired) electrons. The maximum absolute atomic E-state index is 12.9. The van der Waals surface area contributed by atoms with Crippen molar-refractivity contribution in [3.8, 4) is 0 Å². The van der Waals surface area contributed by atoms with E-state index in [1.807, 2.05) is 4.90 Å². The molecule has 4 nitrogen and oxygen atoms in total. The first-order chi connectivity index (χ1) is 13.3. The molecule has 2 fully saturated rings. The van der Waals surface area contributed by atoms with Crippen molar-refractivity contribution in [1.82, 2.24) is 10.2 Å². The second-order valence-corrected chi connectivity index (χ2v) is 8.08. The molecule has 0 bridgehead atoms. The molecule has 1 aromatic rings. The monoisotopic (exact) mass is 398 g/mol. The predicted molar refractivity (Wildman–Crippen MR) is 101 cm³/mol. The molecular formula is C21H29F3N2O2. The lowest BCUT2D eigenvalue weighted by atomic mass is 9.92. The second kappa shape index (κ2) is 9.27. The summed E-state index contributed by atoms with van der Waals surface area (Å²) in [7, 11) is 0. The lowest BCUT2D eigenvalue weighted by molar-refractivity contribution is -0.137. The summed E-state index contributed by atoms with van der Waals surface area (Å²) in [4.78, 5) is 14.6. The van der Waals surface area contributed by atoms with Gasteiger partial charge >= 0.3 is 6.18 Å². The highest BCUT2D eigenvalue weighted by molar-refractivity contribution is 5.79. The number of carbonyl (C=O) groups excluding carboxylic acids is 1. The maximum atomic E-state index is 12.9. The van der Waals surface area contributed by atoms with Crippen LogP contribution in [0.5, 0.6) is 0 Å². The Morgan fingerprint density at radius 3 is 2.64 bits per heavy atom. The molecule has 0 spiro atoms. The Bertz CT molecular complexity index is 659. The summed E-state index contributed by atoms with van der Waals surface area (Å²) in [6.07, 6.45) is 1.85. The van der Waals surface area contributed by atoms with Gasteiger partial charge in [0.25, 0.3) is 0 Å². The van der Waals surface area contributed by atoms with E-state index >= 15 is 0 Å². The fourth-order valence-corrected chi connectivity index (χ4v) is 4.27. The molecule has 1 aliphatic heterocycles. The van der Waals surface area contributed by atoms with Gasteiger partial charge in [-0.25, -0.2) is 0 Å². The average molecular weight is 398 g/mol. The van der Waals surface area contributed by atoms with Crippen molar-refractivity contribution in [2.24, 2.45) is 5.92 Å². The van der Waals surface area contributed by atoms with Crippen molar-refractivity contribution in [3.63, 3.8) is 0 Å². The largest absolute Gasteiger partial charge is 0.416 e. The van der Waals surface area contributed by atoms with Crippen LogP contribution in [0, 0.1) is 5.92 Å². The number of benzene rings is 1. The normalized spacial score (nSPS) is 23.4. The van der Waals surface area contributed by atoms with Gasteiger partial charge in [0.05, 0.1) is 17.6 Å². The van der Waals surface area contributed by atoms with Gasteiger partial charge in [-0.3, -0.25) is 9.69 Å². The van der Waals surface area contributed by atoms with Gasteiger partial charge in [-0.2, -0.15) is 13.2 Å². The molecular weight excluding hydrogens is 369 g/mol. The third kappa shape index (κ3) is 5.70. The number of amides is 1. The van der Waals surface area contributed by atoms with Crippen molar-refractivity contribution in [2.45, 2.75) is 63.3 Å². The number of hydrogen-bond donors (Lipinski definition) is 2. The maximum Gasteiger partial charge on any atom is 0.416 e. The van der Waals surface area contributed by atoms with Crippen LogP contribution in [0.1, 0.15) is 62.2 Å². The Kier molecular flexibility index (Phi) is 6.99. The van der Waals surface area contributed by atoms with Crippen LogP contribution in [0.15, 0.2) is 24.3 Å². The number of rotatable bonds is 5. The van der Waals surface area contributed by atoms with Gasteiger partial charge in [-0.15, -0.1) is 0 Å². The zero-order valence-corrected chi connectivity index (χ0v) is 16.0. The number of halogens is 3. The summed E-state index contributed by atoms with van der Waals surface area (Å²) in [5, 5.41) is 13.6. The van der Waals surface area contributed by atoms with Gasteiger partial charge in [0.1, 0.15) is 0 Å². The number of aliphatic hydroxyl groups excluding tert-OH is 1. The number of piperidine rings is 1. The Morgan fingerprint density at radius 1 is 1.18 bits per heavy atom. The minimum absolute atomic E-state index is 0.0742. The molecule has 28 heavy (non-hydrogen) atoms. The molecule has 1 aliphatic carbocycles. The van der Waals surface area contributed by atoms with Crippen molar-refractivity contribution in [3.05, 3.63) is 35.4 Å². The summed E-state index contributed by atoms with van der Waals surface area (Å²) in [5.41, 5.74) is -0.504. The van der Waals surface area contributed by atoms with E-state index in [-0.39, 0.29) is 30.0 Å². The number of likely N-dealkylation sites (tertiary alicyclic amines) is 1. The molecule has 0 unspecified atom stereocenters. The van der Waals surface area contributed by atoms with Crippen LogP contribution >= 0.6 is 0 Å². The first-order valence-electron chi connectivity index (χ1n) is 10.2. The smallest absolute Gasteiger partial charge is 0.387 e. The quantitative estimate of drug-likeness (QED) is 0.791. The van der Waals surface area contributed by atoms with Gasteiger partial charge in [0.2, 0.25) is 5.91 Å². The third-order valence-electron chi connectivity index (χ3n) is 5.86. The van der Waals surface area contributed by atoms with Crippen LogP contribution in [0.25, 0.3) is 0 Å². The van der Waals surface area contributed by atoms with Gasteiger partial charge in [0.15, 0.2) is 0 Å². The van der Waals surface area contributed by atoms with E-state index in [1.54, 1.807) is 0 Å². The molecule has 1 amide bonds. The topological polar surface area (TPSA) is 52.6 Å². The predicted octanol–water partition coefficient (Wildman–Crippen LogP) is 3.90. The third-order valence-corrected chi connectivity index (χ3v) is 5.86. The SMILES string of the molecule is O=C(NC1CCCCC1)[C@@H]1CCCN(C[C@H](O)c2cccc(C(F)(F)F)c2)C1. The zero-order valence-electron chi connectivity index (χ0n) is 16.0. The second-order valence-electron chi connectivity index (χ2n) is 8.08. The minimum atomic E-state index is -4.43. The fourth-order valence-electron chi connectivity index (χ4n) is 4.27. The summed E-state index contributed by atoms with van der Waals surface area (Å²) < 4.78 is 38.7. The van der Waals surface area contributed by atoms with Gasteiger partial charge in [-0.1, -0.05) is 31.4 Å². The Labute approximate surface area is 164 Å². The highest BCUT2D eigenvalue weighted by Gasteiger charge is 2.32. The van der Waals surface area contributed by atoms with Crippen molar-refractivity contribution < 1.29 is 23.1 Å². The zero-order chi connectivity index (χ0) is 20.1. The van der Waals surface area contributed by atoms with Crippen LogP contribution in [-0.4, -0.2) is 41.6 Å². The highest BCUT2D eigenvalue weighted by atomic mass is 19.4. The summed E-state index contributed by atoms with van der Waals surface area (Å²) in [6, 6.07) is 5.10. The molecule has 1 aromatic carbocycles. The minimum Gasteiger partial charge on any atom is -0.387 e. The number of alkyl halides is 3. The van der Waals surface area contributed by atoms with Crippen molar-refractivity contribution in [2.75, 3.05) is 19.6 Å². The van der Waals surface area contributed by atoms with Crippen molar-refractivity contribution >= 4 is 5.91 Å². The van der Waals surface area contributed by atoms with Crippen LogP contribution < -0.4 is 5.32 Å². The number of nitrogens with one attached hydrogen (secondary N) is 1. The summed E-state index contributed by atoms with van der Waals surface area (Å²) in [5.74, 6) is -0.0467. The fraction of sp³-hybridized carbons (Fsp3) is 0.667. The molecule has 1 heterocycles. The number of hydrogen-bond acceptors (Lipinski definition) is 3. The molecule has 2 atom stereocenters. The molecule has 3 rings (SSSR count). The Morgan fingerprint density at radius 2 is 1.93 bits per heavy atom. The van der Waals surface area contributed by atoms with E-state index in [0.717, 1.165) is 57.2 Å². The first kappa shape index (κ1) is 21.1. The lowest BCUT2D eigenvalue weighted by Gasteiger charge is -2.34. The van der Waals surface area contributed by atoms with Gasteiger partial charge in [0, 0.05) is 19.1 Å². The van der Waals surface area contributed by atoms with Crippen LogP contribution in [0.2, 0.25) is 0 Å². The molecule has 156 valence electrons. The van der Waals surface area contributed by atoms with Crippen LogP contribution in [0.3, 0.4) is 0 Å². The number of β-amino-alcohol motifs (C(OH)–C–C–N with tert-alkyl or cyclic N) is 1. The number of nitrogens with zero attached hydrogens (tertiary/aromatic N) is 1.